The van der Waals surface area contributed by atoms with Crippen LogP contribution in [0.4, 0.5) is 4.39 Å². The van der Waals surface area contributed by atoms with Crippen LogP contribution in [0.1, 0.15) is 37.4 Å². The number of hydrogen-bond acceptors (Lipinski definition) is 4. The molecule has 5 nitrogen and oxygen atoms in total. The van der Waals surface area contributed by atoms with Gasteiger partial charge in [-0.15, -0.1) is 10.2 Å². The molecule has 0 aliphatic heterocycles. The molecule has 1 saturated carbocycles. The highest BCUT2D eigenvalue weighted by Gasteiger charge is 2.31. The van der Waals surface area contributed by atoms with Crippen molar-refractivity contribution in [2.24, 2.45) is 0 Å². The van der Waals surface area contributed by atoms with Gasteiger partial charge in [-0.05, 0) is 48.2 Å². The predicted molar refractivity (Wildman–Crippen MR) is 125 cm³/mol. The Morgan fingerprint density at radius 3 is 2.66 bits per heavy atom. The molecule has 1 aliphatic carbocycles. The summed E-state index contributed by atoms with van der Waals surface area (Å²) >= 11 is 1.34. The van der Waals surface area contributed by atoms with Crippen LogP contribution in [0.5, 0.6) is 0 Å². The van der Waals surface area contributed by atoms with Crippen molar-refractivity contribution in [3.8, 4) is 11.4 Å². The van der Waals surface area contributed by atoms with E-state index in [9.17, 15) is 9.18 Å². The van der Waals surface area contributed by atoms with Crippen LogP contribution in [0.25, 0.3) is 22.2 Å². The standard InChI is InChI=1S/C25H23FN4OS/c1-16(19-11-6-8-17-7-2-3-9-20(17)19)27-23(31)15-32-25-29-28-24(30(25)18-13-14-18)21-10-4-5-12-22(21)26/h2-12,16,18H,13-15H2,1H3,(H,27,31). The van der Waals surface area contributed by atoms with Crippen LogP contribution in [-0.4, -0.2) is 26.4 Å². The van der Waals surface area contributed by atoms with E-state index in [-0.39, 0.29) is 29.6 Å². The molecule has 5 rings (SSSR count). The van der Waals surface area contributed by atoms with Gasteiger partial charge in [0.2, 0.25) is 5.91 Å². The molecule has 1 aliphatic rings. The fourth-order valence-corrected chi connectivity index (χ4v) is 4.80. The van der Waals surface area contributed by atoms with Gasteiger partial charge in [-0.2, -0.15) is 0 Å². The lowest BCUT2D eigenvalue weighted by Gasteiger charge is -2.16. The minimum Gasteiger partial charge on any atom is -0.349 e. The number of nitrogens with one attached hydrogen (secondary N) is 1. The van der Waals surface area contributed by atoms with Gasteiger partial charge in [-0.25, -0.2) is 4.39 Å². The number of hydrogen-bond donors (Lipinski definition) is 1. The first-order valence-electron chi connectivity index (χ1n) is 10.7. The summed E-state index contributed by atoms with van der Waals surface area (Å²) in [7, 11) is 0. The molecule has 3 aromatic carbocycles. The van der Waals surface area contributed by atoms with E-state index in [0.717, 1.165) is 29.2 Å². The molecule has 32 heavy (non-hydrogen) atoms. The van der Waals surface area contributed by atoms with Crippen molar-refractivity contribution < 1.29 is 9.18 Å². The first-order valence-corrected chi connectivity index (χ1v) is 11.7. The van der Waals surface area contributed by atoms with Crippen LogP contribution in [-0.2, 0) is 4.79 Å². The average Bonchev–Trinajstić information content (AvgIpc) is 3.56. The summed E-state index contributed by atoms with van der Waals surface area (Å²) in [5.74, 6) is 0.350. The summed E-state index contributed by atoms with van der Waals surface area (Å²) in [5.41, 5.74) is 1.53. The number of aromatic nitrogens is 3. The monoisotopic (exact) mass is 446 g/mol. The second kappa shape index (κ2) is 8.74. The third-order valence-corrected chi connectivity index (χ3v) is 6.63. The first kappa shape index (κ1) is 20.7. The van der Waals surface area contributed by atoms with Gasteiger partial charge in [0.15, 0.2) is 11.0 Å². The molecule has 1 amide bonds. The molecule has 162 valence electrons. The number of fused-ring (bicyclic) bond motifs is 1. The molecule has 7 heteroatoms. The highest BCUT2D eigenvalue weighted by molar-refractivity contribution is 7.99. The molecule has 0 spiro atoms. The Labute approximate surface area is 190 Å². The molecule has 4 aromatic rings. The number of nitrogens with zero attached hydrogens (tertiary/aromatic N) is 3. The summed E-state index contributed by atoms with van der Waals surface area (Å²) < 4.78 is 16.3. The Morgan fingerprint density at radius 1 is 1.09 bits per heavy atom. The van der Waals surface area contributed by atoms with E-state index in [0.29, 0.717) is 16.5 Å². The lowest BCUT2D eigenvalue weighted by Crippen LogP contribution is -2.28. The zero-order valence-corrected chi connectivity index (χ0v) is 18.5. The van der Waals surface area contributed by atoms with Crippen molar-refractivity contribution >= 4 is 28.4 Å². The zero-order chi connectivity index (χ0) is 22.1. The van der Waals surface area contributed by atoms with E-state index >= 15 is 0 Å². The highest BCUT2D eigenvalue weighted by atomic mass is 32.2. The number of thioether (sulfide) groups is 1. The van der Waals surface area contributed by atoms with E-state index in [1.165, 1.54) is 17.8 Å². The lowest BCUT2D eigenvalue weighted by atomic mass is 10.00. The maximum absolute atomic E-state index is 14.3. The van der Waals surface area contributed by atoms with Crippen LogP contribution in [0.2, 0.25) is 0 Å². The van der Waals surface area contributed by atoms with E-state index in [1.807, 2.05) is 35.8 Å². The van der Waals surface area contributed by atoms with E-state index < -0.39 is 0 Å². The van der Waals surface area contributed by atoms with E-state index in [4.69, 9.17) is 0 Å². The fraction of sp³-hybridized carbons (Fsp3) is 0.240. The Morgan fingerprint density at radius 2 is 1.84 bits per heavy atom. The van der Waals surface area contributed by atoms with Crippen molar-refractivity contribution in [2.45, 2.75) is 37.0 Å². The molecular weight excluding hydrogens is 423 g/mol. The molecule has 1 N–H and O–H groups in total. The SMILES string of the molecule is CC(NC(=O)CSc1nnc(-c2ccccc2F)n1C1CC1)c1cccc2ccccc12. The maximum atomic E-state index is 14.3. The molecule has 1 unspecified atom stereocenters. The van der Waals surface area contributed by atoms with Crippen molar-refractivity contribution in [3.63, 3.8) is 0 Å². The van der Waals surface area contributed by atoms with Gasteiger partial charge in [0.1, 0.15) is 5.82 Å². The average molecular weight is 447 g/mol. The quantitative estimate of drug-likeness (QED) is 0.379. The summed E-state index contributed by atoms with van der Waals surface area (Å²) in [6.45, 7) is 1.99. The molecule has 1 aromatic heterocycles. The van der Waals surface area contributed by atoms with Gasteiger partial charge >= 0.3 is 0 Å². The van der Waals surface area contributed by atoms with E-state index in [2.05, 4.69) is 33.7 Å². The van der Waals surface area contributed by atoms with Crippen molar-refractivity contribution in [1.82, 2.24) is 20.1 Å². The van der Waals surface area contributed by atoms with Crippen molar-refractivity contribution in [3.05, 3.63) is 78.1 Å². The van der Waals surface area contributed by atoms with Gasteiger partial charge in [0.25, 0.3) is 0 Å². The predicted octanol–water partition coefficient (Wildman–Crippen LogP) is 5.54. The maximum Gasteiger partial charge on any atom is 0.230 e. The molecule has 1 heterocycles. The number of amides is 1. The minimum absolute atomic E-state index is 0.0757. The third-order valence-electron chi connectivity index (χ3n) is 5.69. The number of carbonyl (C=O) groups is 1. The summed E-state index contributed by atoms with van der Waals surface area (Å²) in [5, 5.41) is 14.6. The summed E-state index contributed by atoms with van der Waals surface area (Å²) in [4.78, 5) is 12.7. The smallest absolute Gasteiger partial charge is 0.230 e. The van der Waals surface area contributed by atoms with Gasteiger partial charge in [0, 0.05) is 6.04 Å². The highest BCUT2D eigenvalue weighted by Crippen LogP contribution is 2.41. The second-order valence-electron chi connectivity index (χ2n) is 8.03. The first-order chi connectivity index (χ1) is 15.6. The topological polar surface area (TPSA) is 59.8 Å². The molecular formula is C25H23FN4OS. The molecule has 1 fully saturated rings. The number of halogens is 1. The third kappa shape index (κ3) is 4.12. The Bertz CT molecular complexity index is 1280. The second-order valence-corrected chi connectivity index (χ2v) is 8.98. The Hall–Kier alpha value is -3.19. The number of rotatable bonds is 7. The van der Waals surface area contributed by atoms with Crippen LogP contribution in [0.15, 0.2) is 71.9 Å². The van der Waals surface area contributed by atoms with Crippen LogP contribution in [0, 0.1) is 5.82 Å². The molecule has 0 bridgehead atoms. The Kier molecular flexibility index (Phi) is 5.66. The van der Waals surface area contributed by atoms with Crippen molar-refractivity contribution in [2.75, 3.05) is 5.75 Å². The Balaban J connectivity index is 1.30. The molecule has 1 atom stereocenters. The van der Waals surface area contributed by atoms with Crippen LogP contribution >= 0.6 is 11.8 Å². The van der Waals surface area contributed by atoms with Gasteiger partial charge < -0.3 is 5.32 Å². The largest absolute Gasteiger partial charge is 0.349 e. The lowest BCUT2D eigenvalue weighted by molar-refractivity contribution is -0.119. The number of benzene rings is 3. The zero-order valence-electron chi connectivity index (χ0n) is 17.7. The normalized spacial score (nSPS) is 14.4. The molecule has 0 radical (unpaired) electrons. The van der Waals surface area contributed by atoms with Crippen molar-refractivity contribution in [1.29, 1.82) is 0 Å². The van der Waals surface area contributed by atoms with E-state index in [1.54, 1.807) is 18.2 Å². The van der Waals surface area contributed by atoms with Crippen LogP contribution < -0.4 is 5.32 Å². The number of carbonyl (C=O) groups excluding carboxylic acids is 1. The van der Waals surface area contributed by atoms with Crippen LogP contribution in [0.3, 0.4) is 0 Å². The fourth-order valence-electron chi connectivity index (χ4n) is 3.98. The summed E-state index contributed by atoms with van der Waals surface area (Å²) in [6, 6.07) is 21.0. The van der Waals surface area contributed by atoms with Gasteiger partial charge in [0.05, 0.1) is 17.4 Å². The van der Waals surface area contributed by atoms with Gasteiger partial charge in [-0.3, -0.25) is 9.36 Å². The molecule has 0 saturated heterocycles. The van der Waals surface area contributed by atoms with Gasteiger partial charge in [-0.1, -0.05) is 66.4 Å². The minimum atomic E-state index is -0.319. The summed E-state index contributed by atoms with van der Waals surface area (Å²) in [6.07, 6.45) is 2.02.